The number of carbonyl (C=O) groups excluding carboxylic acids is 1. The lowest BCUT2D eigenvalue weighted by atomic mass is 9.77. The third kappa shape index (κ3) is 2.10. The summed E-state index contributed by atoms with van der Waals surface area (Å²) in [6.07, 6.45) is 4.44. The zero-order valence-electron chi connectivity index (χ0n) is 11.1. The predicted octanol–water partition coefficient (Wildman–Crippen LogP) is 1.71. The molecule has 18 heavy (non-hydrogen) atoms. The van der Waals surface area contributed by atoms with Crippen molar-refractivity contribution >= 4 is 5.78 Å². The Morgan fingerprint density at radius 2 is 2.06 bits per heavy atom. The molecule has 3 saturated heterocycles. The van der Waals surface area contributed by atoms with Gasteiger partial charge in [-0.25, -0.2) is 0 Å². The number of ether oxygens (including phenoxy) is 3. The minimum absolute atomic E-state index is 0.0866. The third-order valence-corrected chi connectivity index (χ3v) is 4.67. The van der Waals surface area contributed by atoms with Crippen LogP contribution in [-0.2, 0) is 19.0 Å². The summed E-state index contributed by atoms with van der Waals surface area (Å²) in [7, 11) is 0. The van der Waals surface area contributed by atoms with Gasteiger partial charge in [0.05, 0.1) is 12.2 Å². The molecule has 3 heterocycles. The third-order valence-electron chi connectivity index (χ3n) is 4.67. The number of Topliss-reactive ketones (excluding diaryl/α,β-unsaturated/α-hetero) is 1. The Labute approximate surface area is 108 Å². The van der Waals surface area contributed by atoms with Crippen molar-refractivity contribution in [3.05, 3.63) is 0 Å². The van der Waals surface area contributed by atoms with Gasteiger partial charge in [-0.2, -0.15) is 0 Å². The summed E-state index contributed by atoms with van der Waals surface area (Å²) >= 11 is 0. The highest BCUT2D eigenvalue weighted by Gasteiger charge is 2.48. The minimum Gasteiger partial charge on any atom is -0.378 e. The van der Waals surface area contributed by atoms with Crippen LogP contribution in [0.4, 0.5) is 0 Å². The summed E-state index contributed by atoms with van der Waals surface area (Å²) in [5, 5.41) is 0. The van der Waals surface area contributed by atoms with Crippen LogP contribution in [0.2, 0.25) is 0 Å². The molecule has 3 atom stereocenters. The van der Waals surface area contributed by atoms with Gasteiger partial charge in [-0.15, -0.1) is 0 Å². The van der Waals surface area contributed by atoms with Crippen LogP contribution in [0.5, 0.6) is 0 Å². The molecule has 3 unspecified atom stereocenters. The van der Waals surface area contributed by atoms with E-state index in [0.717, 1.165) is 45.3 Å². The standard InChI is InChI=1S/C14H22O4/c1-13(4-2-6-17-13)12(15)11-3-7-18-14(9-11)5-8-16-10-14/h11H,2-10H2,1H3. The molecule has 0 N–H and O–H groups in total. The Bertz CT molecular complexity index is 327. The predicted molar refractivity (Wildman–Crippen MR) is 65.4 cm³/mol. The highest BCUT2D eigenvalue weighted by molar-refractivity contribution is 5.89. The molecule has 0 aromatic heterocycles. The number of carbonyl (C=O) groups is 1. The molecule has 3 aliphatic heterocycles. The van der Waals surface area contributed by atoms with E-state index in [-0.39, 0.29) is 17.3 Å². The number of ketones is 1. The number of rotatable bonds is 2. The Balaban J connectivity index is 1.70. The van der Waals surface area contributed by atoms with E-state index in [9.17, 15) is 4.79 Å². The van der Waals surface area contributed by atoms with Crippen LogP contribution in [0.25, 0.3) is 0 Å². The maximum Gasteiger partial charge on any atom is 0.167 e. The first kappa shape index (κ1) is 12.6. The molecular weight excluding hydrogens is 232 g/mol. The van der Waals surface area contributed by atoms with E-state index in [2.05, 4.69) is 0 Å². The van der Waals surface area contributed by atoms with Crippen molar-refractivity contribution in [1.29, 1.82) is 0 Å². The maximum atomic E-state index is 12.6. The zero-order valence-corrected chi connectivity index (χ0v) is 11.1. The first-order valence-corrected chi connectivity index (χ1v) is 7.04. The average Bonchev–Trinajstić information content (AvgIpc) is 2.99. The quantitative estimate of drug-likeness (QED) is 0.752. The van der Waals surface area contributed by atoms with Crippen molar-refractivity contribution < 1.29 is 19.0 Å². The molecule has 102 valence electrons. The topological polar surface area (TPSA) is 44.8 Å². The van der Waals surface area contributed by atoms with Gasteiger partial charge < -0.3 is 14.2 Å². The lowest BCUT2D eigenvalue weighted by Crippen LogP contribution is -2.47. The van der Waals surface area contributed by atoms with Gasteiger partial charge in [-0.3, -0.25) is 4.79 Å². The SMILES string of the molecule is CC1(C(=O)C2CCOC3(CCOC3)C2)CCCO1. The second-order valence-corrected chi connectivity index (χ2v) is 6.07. The Kier molecular flexibility index (Phi) is 3.20. The van der Waals surface area contributed by atoms with Crippen molar-refractivity contribution in [3.63, 3.8) is 0 Å². The average molecular weight is 254 g/mol. The Morgan fingerprint density at radius 1 is 1.17 bits per heavy atom. The zero-order chi connectivity index (χ0) is 12.6. The normalized spacial score (nSPS) is 44.6. The van der Waals surface area contributed by atoms with Crippen molar-refractivity contribution in [2.24, 2.45) is 5.92 Å². The summed E-state index contributed by atoms with van der Waals surface area (Å²) in [6, 6.07) is 0. The van der Waals surface area contributed by atoms with E-state index >= 15 is 0 Å². The lowest BCUT2D eigenvalue weighted by molar-refractivity contribution is -0.153. The summed E-state index contributed by atoms with van der Waals surface area (Å²) in [5.74, 6) is 0.373. The summed E-state index contributed by atoms with van der Waals surface area (Å²) in [6.45, 7) is 4.76. The fraction of sp³-hybridized carbons (Fsp3) is 0.929. The molecular formula is C14H22O4. The van der Waals surface area contributed by atoms with Gasteiger partial charge in [-0.1, -0.05) is 0 Å². The van der Waals surface area contributed by atoms with Gasteiger partial charge in [0.1, 0.15) is 5.60 Å². The summed E-state index contributed by atoms with van der Waals surface area (Å²) in [4.78, 5) is 12.6. The molecule has 0 aliphatic carbocycles. The van der Waals surface area contributed by atoms with Crippen LogP contribution in [0.15, 0.2) is 0 Å². The van der Waals surface area contributed by atoms with E-state index in [1.807, 2.05) is 6.92 Å². The number of hydrogen-bond donors (Lipinski definition) is 0. The van der Waals surface area contributed by atoms with E-state index < -0.39 is 5.60 Å². The van der Waals surface area contributed by atoms with Gasteiger partial charge in [0, 0.05) is 32.2 Å². The van der Waals surface area contributed by atoms with Crippen LogP contribution in [0, 0.1) is 5.92 Å². The Hall–Kier alpha value is -0.450. The highest BCUT2D eigenvalue weighted by Crippen LogP contribution is 2.39. The largest absolute Gasteiger partial charge is 0.378 e. The summed E-state index contributed by atoms with van der Waals surface area (Å²) in [5.41, 5.74) is -0.726. The van der Waals surface area contributed by atoms with Crippen molar-refractivity contribution in [3.8, 4) is 0 Å². The van der Waals surface area contributed by atoms with E-state index in [0.29, 0.717) is 13.2 Å². The van der Waals surface area contributed by atoms with Gasteiger partial charge in [-0.05, 0) is 32.6 Å². The second kappa shape index (κ2) is 4.58. The molecule has 0 radical (unpaired) electrons. The molecule has 4 nitrogen and oxygen atoms in total. The Morgan fingerprint density at radius 3 is 2.72 bits per heavy atom. The lowest BCUT2D eigenvalue weighted by Gasteiger charge is -2.38. The van der Waals surface area contributed by atoms with Crippen molar-refractivity contribution in [2.75, 3.05) is 26.4 Å². The molecule has 0 aromatic carbocycles. The molecule has 0 saturated carbocycles. The van der Waals surface area contributed by atoms with Gasteiger partial charge >= 0.3 is 0 Å². The first-order valence-electron chi connectivity index (χ1n) is 7.04. The van der Waals surface area contributed by atoms with Crippen LogP contribution >= 0.6 is 0 Å². The molecule has 0 bridgehead atoms. The minimum atomic E-state index is -0.539. The first-order chi connectivity index (χ1) is 8.64. The summed E-state index contributed by atoms with van der Waals surface area (Å²) < 4.78 is 17.0. The molecule has 0 aromatic rings. The van der Waals surface area contributed by atoms with E-state index in [1.165, 1.54) is 0 Å². The monoisotopic (exact) mass is 254 g/mol. The molecule has 3 aliphatic rings. The second-order valence-electron chi connectivity index (χ2n) is 6.07. The van der Waals surface area contributed by atoms with E-state index in [4.69, 9.17) is 14.2 Å². The van der Waals surface area contributed by atoms with Crippen molar-refractivity contribution in [1.82, 2.24) is 0 Å². The van der Waals surface area contributed by atoms with Crippen LogP contribution in [0.3, 0.4) is 0 Å². The van der Waals surface area contributed by atoms with Crippen LogP contribution in [0.1, 0.15) is 39.0 Å². The molecule has 1 spiro atoms. The molecule has 3 rings (SSSR count). The highest BCUT2D eigenvalue weighted by atomic mass is 16.6. The van der Waals surface area contributed by atoms with E-state index in [1.54, 1.807) is 0 Å². The molecule has 4 heteroatoms. The molecule has 0 amide bonds. The van der Waals surface area contributed by atoms with Gasteiger partial charge in [0.2, 0.25) is 0 Å². The fourth-order valence-corrected chi connectivity index (χ4v) is 3.52. The fourth-order valence-electron chi connectivity index (χ4n) is 3.52. The smallest absolute Gasteiger partial charge is 0.167 e. The maximum absolute atomic E-state index is 12.6. The van der Waals surface area contributed by atoms with Gasteiger partial charge in [0.15, 0.2) is 5.78 Å². The van der Waals surface area contributed by atoms with Gasteiger partial charge in [0.25, 0.3) is 0 Å². The van der Waals surface area contributed by atoms with Crippen LogP contribution < -0.4 is 0 Å². The van der Waals surface area contributed by atoms with Crippen LogP contribution in [-0.4, -0.2) is 43.4 Å². The molecule has 3 fully saturated rings. The van der Waals surface area contributed by atoms with Crippen molar-refractivity contribution in [2.45, 2.75) is 50.2 Å². The number of hydrogen-bond acceptors (Lipinski definition) is 4.